The van der Waals surface area contributed by atoms with Gasteiger partial charge in [0.05, 0.1) is 0 Å². The fraction of sp³-hybridized carbons (Fsp3) is 1.00. The largest absolute Gasteiger partial charge is 0.326 e. The summed E-state index contributed by atoms with van der Waals surface area (Å²) in [5.74, 6) is -1.56. The molecule has 0 spiro atoms. The zero-order chi connectivity index (χ0) is 13.4. The molecule has 106 valence electrons. The molecule has 0 aromatic rings. The van der Waals surface area contributed by atoms with E-state index in [1.165, 1.54) is 0 Å². The minimum atomic E-state index is -3.28. The van der Waals surface area contributed by atoms with Crippen molar-refractivity contribution in [2.75, 3.05) is 6.54 Å². The van der Waals surface area contributed by atoms with E-state index in [-0.39, 0.29) is 18.8 Å². The summed E-state index contributed by atoms with van der Waals surface area (Å²) < 4.78 is 31.6. The van der Waals surface area contributed by atoms with Crippen LogP contribution < -0.4 is 5.32 Å². The predicted octanol–water partition coefficient (Wildman–Crippen LogP) is 1.21. The average molecular weight is 320 g/mol. The summed E-state index contributed by atoms with van der Waals surface area (Å²) in [6.07, 6.45) is 2.05. The van der Waals surface area contributed by atoms with Crippen LogP contribution in [0.2, 0.25) is 0 Å². The van der Waals surface area contributed by atoms with Gasteiger partial charge in [0.2, 0.25) is 0 Å². The van der Waals surface area contributed by atoms with E-state index >= 15 is 0 Å². The molecule has 0 amide bonds. The Balaban J connectivity index is 2.21. The first kappa shape index (κ1) is 14.9. The van der Waals surface area contributed by atoms with Crippen molar-refractivity contribution in [1.82, 2.24) is 5.32 Å². The van der Waals surface area contributed by atoms with Gasteiger partial charge in [-0.3, -0.25) is 23.5 Å². The lowest BCUT2D eigenvalue weighted by Gasteiger charge is -2.34. The Bertz CT molecular complexity index is 367. The molecule has 1 heterocycles. The van der Waals surface area contributed by atoms with Gasteiger partial charge in [-0.1, -0.05) is 0 Å². The molecule has 1 saturated heterocycles. The van der Waals surface area contributed by atoms with Crippen molar-refractivity contribution in [1.29, 1.82) is 0 Å². The minimum absolute atomic E-state index is 0.0179. The molecule has 2 rings (SSSR count). The molecular formula is C8H16ClNO6P2. The third-order valence-corrected chi connectivity index (χ3v) is 5.10. The zero-order valence-electron chi connectivity index (χ0n) is 9.52. The Kier molecular flexibility index (Phi) is 4.57. The normalized spacial score (nSPS) is 43.4. The molecule has 0 aromatic carbocycles. The monoisotopic (exact) mass is 319 g/mol. The van der Waals surface area contributed by atoms with Crippen LogP contribution in [0.1, 0.15) is 25.7 Å². The van der Waals surface area contributed by atoms with Crippen molar-refractivity contribution < 1.29 is 28.0 Å². The second-order valence-corrected chi connectivity index (χ2v) is 6.80. The topological polar surface area (TPSA) is 105 Å². The number of alkyl halides is 1. The molecular weight excluding hydrogens is 303 g/mol. The van der Waals surface area contributed by atoms with Gasteiger partial charge in [0.25, 0.3) is 0 Å². The molecule has 2 fully saturated rings. The first-order valence-electron chi connectivity index (χ1n) is 5.63. The van der Waals surface area contributed by atoms with E-state index in [0.29, 0.717) is 0 Å². The third kappa shape index (κ3) is 3.17. The summed E-state index contributed by atoms with van der Waals surface area (Å²) in [6, 6.07) is 0. The molecule has 1 aliphatic heterocycles. The Hall–Kier alpha value is 0.550. The van der Waals surface area contributed by atoms with Gasteiger partial charge in [0.15, 0.2) is 5.79 Å². The Morgan fingerprint density at radius 2 is 1.89 bits per heavy atom. The number of hydrogen-bond donors (Lipinski definition) is 3. The van der Waals surface area contributed by atoms with Gasteiger partial charge >= 0.3 is 16.5 Å². The third-order valence-electron chi connectivity index (χ3n) is 3.43. The standard InChI is InChI=1S/C8H16ClNO6P2/c9-8-5-7(15-17(11)12,16-18(13)14)4-6(8)2-1-3-10-8/h6,10,17-18H,1-5H2,(H,11,12)(H,13,14)/t6-,8+/m0/s1. The number of nitrogens with one attached hydrogen (secondary N) is 1. The highest BCUT2D eigenvalue weighted by Gasteiger charge is 2.57. The number of rotatable bonds is 4. The smallest absolute Gasteiger partial charge is 0.319 e. The fourth-order valence-corrected chi connectivity index (χ4v) is 4.42. The van der Waals surface area contributed by atoms with E-state index in [4.69, 9.17) is 30.4 Å². The molecule has 0 bridgehead atoms. The molecule has 1 aliphatic carbocycles. The van der Waals surface area contributed by atoms with Crippen LogP contribution in [0.4, 0.5) is 0 Å². The lowest BCUT2D eigenvalue weighted by Crippen LogP contribution is -2.47. The van der Waals surface area contributed by atoms with E-state index in [2.05, 4.69) is 5.32 Å². The van der Waals surface area contributed by atoms with Gasteiger partial charge in [0.1, 0.15) is 5.00 Å². The summed E-state index contributed by atoms with van der Waals surface area (Å²) >= 11 is 6.41. The van der Waals surface area contributed by atoms with Crippen LogP contribution in [0.25, 0.3) is 0 Å². The number of piperidine rings is 1. The summed E-state index contributed by atoms with van der Waals surface area (Å²) in [6.45, 7) is 0.735. The fourth-order valence-electron chi connectivity index (χ4n) is 2.82. The summed E-state index contributed by atoms with van der Waals surface area (Å²) in [7, 11) is -6.57. The predicted molar refractivity (Wildman–Crippen MR) is 65.9 cm³/mol. The Morgan fingerprint density at radius 1 is 1.28 bits per heavy atom. The first-order valence-corrected chi connectivity index (χ1v) is 8.54. The maximum absolute atomic E-state index is 10.9. The van der Waals surface area contributed by atoms with Crippen molar-refractivity contribution in [2.45, 2.75) is 36.5 Å². The van der Waals surface area contributed by atoms with Crippen LogP contribution in [0.5, 0.6) is 0 Å². The highest BCUT2D eigenvalue weighted by atomic mass is 35.5. The molecule has 3 N–H and O–H groups in total. The van der Waals surface area contributed by atoms with Crippen LogP contribution in [-0.4, -0.2) is 27.1 Å². The Morgan fingerprint density at radius 3 is 2.39 bits per heavy atom. The summed E-state index contributed by atoms with van der Waals surface area (Å²) in [5.41, 5.74) is 0. The maximum atomic E-state index is 10.9. The van der Waals surface area contributed by atoms with E-state index < -0.39 is 27.3 Å². The van der Waals surface area contributed by atoms with Crippen molar-refractivity contribution >= 4 is 28.1 Å². The van der Waals surface area contributed by atoms with Crippen molar-refractivity contribution in [3.8, 4) is 0 Å². The second kappa shape index (κ2) is 5.51. The molecule has 1 saturated carbocycles. The molecule has 0 radical (unpaired) electrons. The lowest BCUT2D eigenvalue weighted by molar-refractivity contribution is -0.112. The molecule has 7 nitrogen and oxygen atoms in total. The van der Waals surface area contributed by atoms with Gasteiger partial charge in [-0.05, 0) is 25.3 Å². The molecule has 10 heteroatoms. The maximum Gasteiger partial charge on any atom is 0.319 e. The highest BCUT2D eigenvalue weighted by Crippen LogP contribution is 2.55. The first-order chi connectivity index (χ1) is 8.35. The van der Waals surface area contributed by atoms with Gasteiger partial charge in [0, 0.05) is 12.8 Å². The van der Waals surface area contributed by atoms with Crippen LogP contribution in [0.15, 0.2) is 0 Å². The van der Waals surface area contributed by atoms with Gasteiger partial charge in [-0.15, -0.1) is 11.6 Å². The summed E-state index contributed by atoms with van der Waals surface area (Å²) in [4.78, 5) is 17.0. The van der Waals surface area contributed by atoms with Crippen molar-refractivity contribution in [3.05, 3.63) is 0 Å². The van der Waals surface area contributed by atoms with E-state index in [9.17, 15) is 9.13 Å². The molecule has 2 unspecified atom stereocenters. The van der Waals surface area contributed by atoms with Crippen molar-refractivity contribution in [2.24, 2.45) is 5.92 Å². The highest BCUT2D eigenvalue weighted by molar-refractivity contribution is 7.33. The lowest BCUT2D eigenvalue weighted by atomic mass is 9.93. The van der Waals surface area contributed by atoms with E-state index in [0.717, 1.165) is 19.4 Å². The van der Waals surface area contributed by atoms with Crippen LogP contribution >= 0.6 is 28.1 Å². The second-order valence-electron chi connectivity index (χ2n) is 4.66. The zero-order valence-corrected chi connectivity index (χ0v) is 12.3. The molecule has 2 aliphatic rings. The molecule has 18 heavy (non-hydrogen) atoms. The summed E-state index contributed by atoms with van der Waals surface area (Å²) in [5, 5.41) is 3.12. The van der Waals surface area contributed by atoms with Gasteiger partial charge in [-0.25, -0.2) is 0 Å². The molecule has 0 aromatic heterocycles. The van der Waals surface area contributed by atoms with Crippen molar-refractivity contribution in [3.63, 3.8) is 0 Å². The van der Waals surface area contributed by atoms with Crippen LogP contribution in [0, 0.1) is 5.92 Å². The van der Waals surface area contributed by atoms with Gasteiger partial charge in [-0.2, -0.15) is 0 Å². The van der Waals surface area contributed by atoms with E-state index in [1.807, 2.05) is 0 Å². The van der Waals surface area contributed by atoms with Crippen LogP contribution in [0.3, 0.4) is 0 Å². The number of hydrogen-bond acceptors (Lipinski definition) is 5. The van der Waals surface area contributed by atoms with Gasteiger partial charge < -0.3 is 9.79 Å². The van der Waals surface area contributed by atoms with E-state index in [1.54, 1.807) is 0 Å². The minimum Gasteiger partial charge on any atom is -0.326 e. The quantitative estimate of drug-likeness (QED) is 0.309. The number of halogens is 1. The Labute approximate surface area is 111 Å². The average Bonchev–Trinajstić information content (AvgIpc) is 2.46. The van der Waals surface area contributed by atoms with Crippen LogP contribution in [-0.2, 0) is 18.2 Å². The SMILES string of the molecule is O=[PH](O)OC1(O[PH](=O)O)C[C@@H]2CCCN[C@]2(Cl)C1. The number of fused-ring (bicyclic) bond motifs is 1. The molecule has 4 atom stereocenters.